The Morgan fingerprint density at radius 3 is 2.63 bits per heavy atom. The summed E-state index contributed by atoms with van der Waals surface area (Å²) in [6.07, 6.45) is 3.30. The summed E-state index contributed by atoms with van der Waals surface area (Å²) in [5.41, 5.74) is 3.48. The molecule has 3 nitrogen and oxygen atoms in total. The lowest BCUT2D eigenvalue weighted by Crippen LogP contribution is -2.24. The predicted molar refractivity (Wildman–Crippen MR) is 73.4 cm³/mol. The van der Waals surface area contributed by atoms with Crippen molar-refractivity contribution in [3.8, 4) is 0 Å². The van der Waals surface area contributed by atoms with Gasteiger partial charge in [0.25, 0.3) is 0 Å². The molecule has 19 heavy (non-hydrogen) atoms. The van der Waals surface area contributed by atoms with Crippen molar-refractivity contribution in [2.45, 2.75) is 26.8 Å². The van der Waals surface area contributed by atoms with Gasteiger partial charge in [-0.1, -0.05) is 13.0 Å². The first-order chi connectivity index (χ1) is 9.13. The maximum atomic E-state index is 14.3. The number of nitrogens with zero attached hydrogens (tertiary/aromatic N) is 2. The predicted octanol–water partition coefficient (Wildman–Crippen LogP) is 2.93. The van der Waals surface area contributed by atoms with E-state index in [2.05, 4.69) is 15.5 Å². The van der Waals surface area contributed by atoms with Crippen LogP contribution in [0.25, 0.3) is 0 Å². The minimum Gasteiger partial charge on any atom is -0.306 e. The molecule has 1 N–H and O–H groups in total. The van der Waals surface area contributed by atoms with Gasteiger partial charge in [-0.05, 0) is 49.2 Å². The molecule has 1 aromatic heterocycles. The van der Waals surface area contributed by atoms with Gasteiger partial charge in [0.1, 0.15) is 5.82 Å². The lowest BCUT2D eigenvalue weighted by Gasteiger charge is -2.21. The maximum absolute atomic E-state index is 14.3. The van der Waals surface area contributed by atoms with Crippen molar-refractivity contribution in [2.75, 3.05) is 6.54 Å². The molecule has 4 heteroatoms. The smallest absolute Gasteiger partial charge is 0.128 e. The maximum Gasteiger partial charge on any atom is 0.128 e. The Hall–Kier alpha value is -1.81. The summed E-state index contributed by atoms with van der Waals surface area (Å²) >= 11 is 0. The summed E-state index contributed by atoms with van der Waals surface area (Å²) in [5, 5.41) is 11.0. The average molecular weight is 259 g/mol. The van der Waals surface area contributed by atoms with E-state index >= 15 is 0 Å². The number of hydrogen-bond donors (Lipinski definition) is 1. The number of benzene rings is 1. The van der Waals surface area contributed by atoms with E-state index in [0.717, 1.165) is 23.2 Å². The molecule has 0 fully saturated rings. The molecule has 0 amide bonds. The van der Waals surface area contributed by atoms with Gasteiger partial charge in [-0.15, -0.1) is 0 Å². The fraction of sp³-hybridized carbons (Fsp3) is 0.333. The minimum atomic E-state index is -0.193. The Kier molecular flexibility index (Phi) is 4.22. The zero-order chi connectivity index (χ0) is 13.8. The van der Waals surface area contributed by atoms with Gasteiger partial charge in [-0.25, -0.2) is 4.39 Å². The van der Waals surface area contributed by atoms with E-state index in [1.165, 1.54) is 0 Å². The van der Waals surface area contributed by atoms with Crippen molar-refractivity contribution in [1.82, 2.24) is 15.5 Å². The van der Waals surface area contributed by atoms with Crippen LogP contribution in [0.1, 0.15) is 35.2 Å². The van der Waals surface area contributed by atoms with Gasteiger partial charge in [0.15, 0.2) is 0 Å². The summed E-state index contributed by atoms with van der Waals surface area (Å²) < 4.78 is 14.3. The summed E-state index contributed by atoms with van der Waals surface area (Å²) in [4.78, 5) is 0. The normalized spacial score (nSPS) is 12.4. The number of hydrogen-bond acceptors (Lipinski definition) is 3. The van der Waals surface area contributed by atoms with Crippen molar-refractivity contribution in [3.05, 3.63) is 58.7 Å². The van der Waals surface area contributed by atoms with Crippen molar-refractivity contribution in [2.24, 2.45) is 0 Å². The zero-order valence-corrected chi connectivity index (χ0v) is 11.4. The summed E-state index contributed by atoms with van der Waals surface area (Å²) in [7, 11) is 0. The van der Waals surface area contributed by atoms with Gasteiger partial charge >= 0.3 is 0 Å². The highest BCUT2D eigenvalue weighted by molar-refractivity contribution is 5.39. The van der Waals surface area contributed by atoms with Gasteiger partial charge in [0.2, 0.25) is 0 Å². The van der Waals surface area contributed by atoms with Crippen LogP contribution in [0, 0.1) is 19.7 Å². The fourth-order valence-electron chi connectivity index (χ4n) is 2.35. The van der Waals surface area contributed by atoms with E-state index in [-0.39, 0.29) is 11.9 Å². The molecule has 1 atom stereocenters. The van der Waals surface area contributed by atoms with Crippen LogP contribution in [-0.2, 0) is 0 Å². The van der Waals surface area contributed by atoms with E-state index in [9.17, 15) is 4.39 Å². The highest BCUT2D eigenvalue weighted by atomic mass is 19.1. The van der Waals surface area contributed by atoms with Gasteiger partial charge in [-0.2, -0.15) is 10.2 Å². The highest BCUT2D eigenvalue weighted by Gasteiger charge is 2.19. The third-order valence-corrected chi connectivity index (χ3v) is 3.12. The highest BCUT2D eigenvalue weighted by Crippen LogP contribution is 2.27. The molecule has 2 aromatic rings. The Bertz CT molecular complexity index is 532. The molecule has 1 heterocycles. The Morgan fingerprint density at radius 2 is 2.05 bits per heavy atom. The van der Waals surface area contributed by atoms with Crippen molar-refractivity contribution >= 4 is 0 Å². The van der Waals surface area contributed by atoms with Gasteiger partial charge < -0.3 is 5.32 Å². The second-order valence-corrected chi connectivity index (χ2v) is 4.64. The lowest BCUT2D eigenvalue weighted by atomic mass is 9.94. The van der Waals surface area contributed by atoms with Crippen LogP contribution in [0.4, 0.5) is 4.39 Å². The molecule has 0 aliphatic rings. The summed E-state index contributed by atoms with van der Waals surface area (Å²) in [6.45, 7) is 6.59. The quantitative estimate of drug-likeness (QED) is 0.917. The molecule has 0 spiro atoms. The molecule has 2 rings (SSSR count). The fourth-order valence-corrected chi connectivity index (χ4v) is 2.35. The average Bonchev–Trinajstić information content (AvgIpc) is 2.37. The van der Waals surface area contributed by atoms with Crippen LogP contribution < -0.4 is 5.32 Å². The van der Waals surface area contributed by atoms with Gasteiger partial charge in [0, 0.05) is 11.8 Å². The van der Waals surface area contributed by atoms with E-state index in [0.29, 0.717) is 5.56 Å². The molecule has 0 saturated heterocycles. The second-order valence-electron chi connectivity index (χ2n) is 4.64. The Labute approximate surface area is 112 Å². The monoisotopic (exact) mass is 259 g/mol. The molecule has 0 aliphatic carbocycles. The van der Waals surface area contributed by atoms with Crippen molar-refractivity contribution in [3.63, 3.8) is 0 Å². The number of aromatic nitrogens is 2. The third-order valence-electron chi connectivity index (χ3n) is 3.12. The largest absolute Gasteiger partial charge is 0.306 e. The SMILES string of the molecule is CCNC(c1ccnnc1)c1c(C)cc(C)cc1F. The summed E-state index contributed by atoms with van der Waals surface area (Å²) in [5.74, 6) is -0.180. The minimum absolute atomic E-state index is 0.180. The molecule has 1 unspecified atom stereocenters. The van der Waals surface area contributed by atoms with Crippen molar-refractivity contribution in [1.29, 1.82) is 0 Å². The van der Waals surface area contributed by atoms with Crippen LogP contribution in [-0.4, -0.2) is 16.7 Å². The van der Waals surface area contributed by atoms with E-state index < -0.39 is 0 Å². The third kappa shape index (κ3) is 2.96. The number of rotatable bonds is 4. The van der Waals surface area contributed by atoms with Crippen LogP contribution in [0.5, 0.6) is 0 Å². The number of aryl methyl sites for hydroxylation is 2. The molecule has 0 saturated carbocycles. The van der Waals surface area contributed by atoms with E-state index in [4.69, 9.17) is 0 Å². The van der Waals surface area contributed by atoms with Crippen LogP contribution in [0.2, 0.25) is 0 Å². The first-order valence-electron chi connectivity index (χ1n) is 6.40. The van der Waals surface area contributed by atoms with Crippen LogP contribution in [0.3, 0.4) is 0 Å². The Balaban J connectivity index is 2.51. The molecular formula is C15H18FN3. The molecule has 100 valence electrons. The van der Waals surface area contributed by atoms with Gasteiger partial charge in [-0.3, -0.25) is 0 Å². The molecule has 0 radical (unpaired) electrons. The first kappa shape index (κ1) is 13.6. The lowest BCUT2D eigenvalue weighted by molar-refractivity contribution is 0.553. The van der Waals surface area contributed by atoms with E-state index in [1.807, 2.05) is 32.9 Å². The van der Waals surface area contributed by atoms with Crippen molar-refractivity contribution < 1.29 is 4.39 Å². The van der Waals surface area contributed by atoms with E-state index in [1.54, 1.807) is 18.5 Å². The summed E-state index contributed by atoms with van der Waals surface area (Å²) in [6, 6.07) is 5.23. The zero-order valence-electron chi connectivity index (χ0n) is 11.4. The molecular weight excluding hydrogens is 241 g/mol. The number of halogens is 1. The topological polar surface area (TPSA) is 37.8 Å². The standard InChI is InChI=1S/C15H18FN3/c1-4-17-15(12-5-6-18-19-9-12)14-11(3)7-10(2)8-13(14)16/h5-9,15,17H,4H2,1-3H3. The number of nitrogens with one attached hydrogen (secondary N) is 1. The van der Waals surface area contributed by atoms with Gasteiger partial charge in [0.05, 0.1) is 12.2 Å². The molecule has 0 bridgehead atoms. The molecule has 0 aliphatic heterocycles. The van der Waals surface area contributed by atoms with Crippen LogP contribution in [0.15, 0.2) is 30.6 Å². The second kappa shape index (κ2) is 5.89. The Morgan fingerprint density at radius 1 is 1.26 bits per heavy atom. The molecule has 1 aromatic carbocycles. The first-order valence-corrected chi connectivity index (χ1v) is 6.40. The van der Waals surface area contributed by atoms with Crippen LogP contribution >= 0.6 is 0 Å².